The summed E-state index contributed by atoms with van der Waals surface area (Å²) in [5.41, 5.74) is 3.38. The van der Waals surface area contributed by atoms with Gasteiger partial charge in [0.25, 0.3) is 5.91 Å². The Kier molecular flexibility index (Phi) is 8.32. The molecule has 0 aliphatic carbocycles. The predicted molar refractivity (Wildman–Crippen MR) is 141 cm³/mol. The molecule has 1 amide bonds. The van der Waals surface area contributed by atoms with Crippen molar-refractivity contribution in [1.82, 2.24) is 20.3 Å². The van der Waals surface area contributed by atoms with Gasteiger partial charge in [-0.3, -0.25) is 4.79 Å². The van der Waals surface area contributed by atoms with Crippen molar-refractivity contribution in [2.24, 2.45) is 5.92 Å². The molecule has 3 aromatic rings. The lowest BCUT2D eigenvalue weighted by atomic mass is 9.87. The molecule has 0 bridgehead atoms. The maximum Gasteiger partial charge on any atom is 0.251 e. The van der Waals surface area contributed by atoms with Gasteiger partial charge >= 0.3 is 0 Å². The van der Waals surface area contributed by atoms with E-state index < -0.39 is 0 Å². The third-order valence-corrected chi connectivity index (χ3v) is 6.68. The topological polar surface area (TPSA) is 110 Å². The highest BCUT2D eigenvalue weighted by atomic mass is 16.5. The van der Waals surface area contributed by atoms with E-state index in [-0.39, 0.29) is 17.7 Å². The van der Waals surface area contributed by atoms with Crippen LogP contribution < -0.4 is 20.7 Å². The number of methoxy groups -OCH3 is 1. The Balaban J connectivity index is 1.38. The number of ether oxygens (including phenoxy) is 2. The summed E-state index contributed by atoms with van der Waals surface area (Å²) >= 11 is 0. The van der Waals surface area contributed by atoms with E-state index in [1.54, 1.807) is 26.6 Å². The smallest absolute Gasteiger partial charge is 0.251 e. The predicted octanol–water partition coefficient (Wildman–Crippen LogP) is 3.96. The second-order valence-electron chi connectivity index (χ2n) is 9.11. The van der Waals surface area contributed by atoms with Gasteiger partial charge in [0.15, 0.2) is 0 Å². The van der Waals surface area contributed by atoms with E-state index in [9.17, 15) is 4.79 Å². The van der Waals surface area contributed by atoms with Crippen LogP contribution in [0.3, 0.4) is 0 Å². The zero-order valence-corrected chi connectivity index (χ0v) is 21.2. The number of hydrogen-bond donors (Lipinski definition) is 3. The Bertz CT molecular complexity index is 1160. The minimum atomic E-state index is -0.133. The van der Waals surface area contributed by atoms with Gasteiger partial charge in [0.1, 0.15) is 23.7 Å². The maximum absolute atomic E-state index is 12.0. The highest BCUT2D eigenvalue weighted by molar-refractivity contribution is 5.94. The van der Waals surface area contributed by atoms with Crippen molar-refractivity contribution in [2.45, 2.75) is 32.2 Å². The Morgan fingerprint density at radius 1 is 1.14 bits per heavy atom. The van der Waals surface area contributed by atoms with Crippen molar-refractivity contribution in [3.8, 4) is 17.0 Å². The molecule has 1 saturated heterocycles. The first-order valence-corrected chi connectivity index (χ1v) is 12.2. The number of hydrogen-bond acceptors (Lipinski definition) is 8. The van der Waals surface area contributed by atoms with Crippen LogP contribution in [0.5, 0.6) is 5.75 Å². The van der Waals surface area contributed by atoms with Crippen LogP contribution in [0.2, 0.25) is 0 Å². The van der Waals surface area contributed by atoms with Gasteiger partial charge in [-0.1, -0.05) is 19.9 Å². The monoisotopic (exact) mass is 490 g/mol. The van der Waals surface area contributed by atoms with Crippen molar-refractivity contribution in [3.63, 3.8) is 0 Å². The molecule has 190 valence electrons. The molecule has 0 radical (unpaired) electrons. The number of benzene rings is 1. The van der Waals surface area contributed by atoms with Gasteiger partial charge in [0, 0.05) is 43.6 Å². The van der Waals surface area contributed by atoms with Crippen LogP contribution in [0, 0.1) is 5.92 Å². The molecule has 4 rings (SSSR count). The first-order valence-electron chi connectivity index (χ1n) is 12.2. The lowest BCUT2D eigenvalue weighted by Gasteiger charge is -2.23. The van der Waals surface area contributed by atoms with Crippen LogP contribution in [-0.2, 0) is 4.74 Å². The second-order valence-corrected chi connectivity index (χ2v) is 9.11. The van der Waals surface area contributed by atoms with E-state index in [2.05, 4.69) is 44.7 Å². The van der Waals surface area contributed by atoms with Gasteiger partial charge in [-0.15, -0.1) is 0 Å². The van der Waals surface area contributed by atoms with Gasteiger partial charge in [-0.05, 0) is 48.1 Å². The molecule has 1 aliphatic heterocycles. The molecule has 1 aliphatic rings. The number of nitrogens with zero attached hydrogens (tertiary/aromatic N) is 3. The molecular weight excluding hydrogens is 456 g/mol. The Morgan fingerprint density at radius 3 is 2.69 bits per heavy atom. The van der Waals surface area contributed by atoms with Crippen LogP contribution in [0.25, 0.3) is 11.3 Å². The summed E-state index contributed by atoms with van der Waals surface area (Å²) in [6.07, 6.45) is 4.38. The van der Waals surface area contributed by atoms with Crippen molar-refractivity contribution in [3.05, 3.63) is 60.0 Å². The molecule has 0 saturated carbocycles. The molecule has 1 aromatic carbocycles. The Labute approximate surface area is 212 Å². The van der Waals surface area contributed by atoms with Crippen LogP contribution in [0.1, 0.15) is 42.1 Å². The molecule has 0 spiro atoms. The zero-order chi connectivity index (χ0) is 25.5. The molecule has 3 N–H and O–H groups in total. The summed E-state index contributed by atoms with van der Waals surface area (Å²) in [7, 11) is 3.25. The summed E-state index contributed by atoms with van der Waals surface area (Å²) in [6.45, 7) is 6.56. The van der Waals surface area contributed by atoms with E-state index >= 15 is 0 Å². The zero-order valence-electron chi connectivity index (χ0n) is 21.2. The third-order valence-electron chi connectivity index (χ3n) is 6.68. The summed E-state index contributed by atoms with van der Waals surface area (Å²) in [6, 6.07) is 11.8. The molecule has 3 atom stereocenters. The fourth-order valence-electron chi connectivity index (χ4n) is 4.22. The fourth-order valence-corrected chi connectivity index (χ4v) is 4.22. The van der Waals surface area contributed by atoms with Gasteiger partial charge in [0.2, 0.25) is 0 Å². The lowest BCUT2D eigenvalue weighted by molar-refractivity contribution is 0.0962. The number of amides is 1. The molecule has 36 heavy (non-hydrogen) atoms. The quantitative estimate of drug-likeness (QED) is 0.392. The first kappa shape index (κ1) is 25.4. The lowest BCUT2D eigenvalue weighted by Crippen LogP contribution is -2.20. The largest absolute Gasteiger partial charge is 0.496 e. The fraction of sp³-hybridized carbons (Fsp3) is 0.407. The van der Waals surface area contributed by atoms with Gasteiger partial charge in [-0.25, -0.2) is 15.0 Å². The number of aromatic nitrogens is 3. The average Bonchev–Trinajstić information content (AvgIpc) is 3.44. The highest BCUT2D eigenvalue weighted by Crippen LogP contribution is 2.33. The van der Waals surface area contributed by atoms with Crippen LogP contribution in [0.15, 0.2) is 48.9 Å². The normalized spacial score (nSPS) is 16.7. The summed E-state index contributed by atoms with van der Waals surface area (Å²) in [5, 5.41) is 9.48. The number of nitrogens with one attached hydrogen (secondary N) is 3. The molecule has 9 heteroatoms. The molecule has 2 aromatic heterocycles. The summed E-state index contributed by atoms with van der Waals surface area (Å²) in [4.78, 5) is 25.3. The van der Waals surface area contributed by atoms with Crippen LogP contribution in [0.4, 0.5) is 11.6 Å². The van der Waals surface area contributed by atoms with E-state index in [0.29, 0.717) is 23.9 Å². The van der Waals surface area contributed by atoms with Crippen molar-refractivity contribution >= 4 is 17.5 Å². The minimum absolute atomic E-state index is 0.133. The summed E-state index contributed by atoms with van der Waals surface area (Å²) in [5.74, 6) is 2.64. The van der Waals surface area contributed by atoms with Crippen LogP contribution >= 0.6 is 0 Å². The van der Waals surface area contributed by atoms with E-state index in [1.807, 2.05) is 36.5 Å². The average molecular weight is 491 g/mol. The Morgan fingerprint density at radius 2 is 2.00 bits per heavy atom. The van der Waals surface area contributed by atoms with Crippen molar-refractivity contribution < 1.29 is 14.3 Å². The number of anilines is 2. The van der Waals surface area contributed by atoms with Crippen molar-refractivity contribution in [2.75, 3.05) is 44.5 Å². The van der Waals surface area contributed by atoms with Crippen LogP contribution in [-0.4, -0.2) is 60.8 Å². The number of carbonyl (C=O) groups excluding carboxylic acids is 1. The van der Waals surface area contributed by atoms with Gasteiger partial charge < -0.3 is 25.4 Å². The second kappa shape index (κ2) is 11.8. The van der Waals surface area contributed by atoms with Crippen molar-refractivity contribution in [1.29, 1.82) is 0 Å². The minimum Gasteiger partial charge on any atom is -0.496 e. The number of pyridine rings is 1. The highest BCUT2D eigenvalue weighted by Gasteiger charge is 2.20. The van der Waals surface area contributed by atoms with E-state index in [4.69, 9.17) is 9.47 Å². The molecule has 1 fully saturated rings. The van der Waals surface area contributed by atoms with E-state index in [1.165, 1.54) is 0 Å². The molecule has 9 nitrogen and oxygen atoms in total. The van der Waals surface area contributed by atoms with Gasteiger partial charge in [-0.2, -0.15) is 0 Å². The van der Waals surface area contributed by atoms with Gasteiger partial charge in [0.05, 0.1) is 25.5 Å². The number of carbonyl (C=O) groups is 1. The summed E-state index contributed by atoms with van der Waals surface area (Å²) < 4.78 is 11.0. The number of rotatable bonds is 10. The molecular formula is C27H34N6O3. The first-order chi connectivity index (χ1) is 17.5. The maximum atomic E-state index is 12.0. The third kappa shape index (κ3) is 6.09. The van der Waals surface area contributed by atoms with E-state index in [0.717, 1.165) is 48.1 Å². The molecule has 3 heterocycles. The Hall–Kier alpha value is -3.72. The SMILES string of the molecule is CNC(=O)c1ccc(C(C)[C@H](C)CNc2cc(-c3ccc(N[C@H]4CCOC4)nc3)ncn2)c(OC)c1. The standard InChI is InChI=1S/C27H34N6O3/c1-17(18(2)22-7-5-19(27(34)28-3)11-24(22)35-4)13-29-26-12-23(31-16-32-26)20-6-8-25(30-14-20)33-21-9-10-36-15-21/h5-8,11-12,14,16-18,21H,9-10,13,15H2,1-4H3,(H,28,34)(H,30,33)(H,29,31,32)/t17-,18?,21+/m1/s1. The molecule has 1 unspecified atom stereocenters.